The van der Waals surface area contributed by atoms with Crippen LogP contribution >= 0.6 is 0 Å². The zero-order chi connectivity index (χ0) is 18.8. The van der Waals surface area contributed by atoms with E-state index in [1.54, 1.807) is 0 Å². The first-order chi connectivity index (χ1) is 12.3. The van der Waals surface area contributed by atoms with Gasteiger partial charge in [-0.3, -0.25) is 9.59 Å². The summed E-state index contributed by atoms with van der Waals surface area (Å²) in [6.45, 7) is 7.95. The van der Waals surface area contributed by atoms with Gasteiger partial charge in [0, 0.05) is 31.2 Å². The molecular formula is C21H36N2O3. The predicted molar refractivity (Wildman–Crippen MR) is 102 cm³/mol. The number of piperidine rings is 1. The number of rotatable bonds is 2. The Balaban J connectivity index is 1.55. The van der Waals surface area contributed by atoms with Gasteiger partial charge in [-0.25, -0.2) is 0 Å². The summed E-state index contributed by atoms with van der Waals surface area (Å²) in [5, 5.41) is 3.30. The van der Waals surface area contributed by atoms with Crippen molar-refractivity contribution in [1.29, 1.82) is 0 Å². The van der Waals surface area contributed by atoms with Gasteiger partial charge in [-0.05, 0) is 38.5 Å². The number of ether oxygens (including phenoxy) is 1. The van der Waals surface area contributed by atoms with Crippen LogP contribution in [0.2, 0.25) is 0 Å². The zero-order valence-electron chi connectivity index (χ0n) is 16.8. The Labute approximate surface area is 158 Å². The van der Waals surface area contributed by atoms with E-state index in [0.29, 0.717) is 6.54 Å². The van der Waals surface area contributed by atoms with Crippen molar-refractivity contribution in [3.63, 3.8) is 0 Å². The van der Waals surface area contributed by atoms with Crippen LogP contribution in [0.5, 0.6) is 0 Å². The summed E-state index contributed by atoms with van der Waals surface area (Å²) in [6, 6.07) is 0.225. The van der Waals surface area contributed by atoms with Crippen LogP contribution < -0.4 is 5.32 Å². The highest BCUT2D eigenvalue weighted by Crippen LogP contribution is 2.38. The van der Waals surface area contributed by atoms with Gasteiger partial charge in [-0.2, -0.15) is 0 Å². The van der Waals surface area contributed by atoms with Crippen LogP contribution in [-0.4, -0.2) is 48.1 Å². The van der Waals surface area contributed by atoms with E-state index in [-0.39, 0.29) is 34.8 Å². The van der Waals surface area contributed by atoms with Crippen molar-refractivity contribution in [2.24, 2.45) is 11.3 Å². The van der Waals surface area contributed by atoms with Crippen molar-refractivity contribution in [2.45, 2.75) is 90.2 Å². The molecule has 0 bridgehead atoms. The van der Waals surface area contributed by atoms with E-state index >= 15 is 0 Å². The molecule has 3 fully saturated rings. The molecule has 2 aliphatic heterocycles. The van der Waals surface area contributed by atoms with Crippen LogP contribution in [0.1, 0.15) is 78.6 Å². The van der Waals surface area contributed by atoms with Gasteiger partial charge in [0.2, 0.25) is 11.8 Å². The second-order valence-corrected chi connectivity index (χ2v) is 9.63. The highest BCUT2D eigenvalue weighted by molar-refractivity contribution is 5.84. The molecule has 1 spiro atoms. The Morgan fingerprint density at radius 1 is 1.08 bits per heavy atom. The lowest BCUT2D eigenvalue weighted by atomic mass is 9.78. The number of nitrogens with zero attached hydrogens (tertiary/aromatic N) is 1. The molecule has 1 saturated carbocycles. The average Bonchev–Trinajstić information content (AvgIpc) is 2.61. The van der Waals surface area contributed by atoms with Crippen LogP contribution in [0, 0.1) is 11.3 Å². The van der Waals surface area contributed by atoms with E-state index in [2.05, 4.69) is 5.32 Å². The molecule has 1 N–H and O–H groups in total. The number of likely N-dealkylation sites (tertiary alicyclic amines) is 1. The Hall–Kier alpha value is -1.10. The lowest BCUT2D eigenvalue weighted by molar-refractivity contribution is -0.143. The molecule has 0 aromatic rings. The molecule has 2 heterocycles. The fourth-order valence-corrected chi connectivity index (χ4v) is 4.86. The first-order valence-electron chi connectivity index (χ1n) is 10.5. The minimum atomic E-state index is -0.383. The summed E-state index contributed by atoms with van der Waals surface area (Å²) in [4.78, 5) is 27.3. The fourth-order valence-electron chi connectivity index (χ4n) is 4.86. The summed E-state index contributed by atoms with van der Waals surface area (Å²) in [7, 11) is 0. The maximum Gasteiger partial charge on any atom is 0.227 e. The van der Waals surface area contributed by atoms with E-state index in [9.17, 15) is 9.59 Å². The number of hydrogen-bond donors (Lipinski definition) is 1. The molecule has 2 unspecified atom stereocenters. The smallest absolute Gasteiger partial charge is 0.227 e. The summed E-state index contributed by atoms with van der Waals surface area (Å²) >= 11 is 0. The third-order valence-electron chi connectivity index (χ3n) is 6.33. The molecule has 3 aliphatic rings. The van der Waals surface area contributed by atoms with Crippen molar-refractivity contribution in [1.82, 2.24) is 10.2 Å². The average molecular weight is 365 g/mol. The highest BCUT2D eigenvalue weighted by atomic mass is 16.5. The third-order valence-corrected chi connectivity index (χ3v) is 6.33. The summed E-state index contributed by atoms with van der Waals surface area (Å²) in [5.74, 6) is 0.219. The van der Waals surface area contributed by atoms with Crippen molar-refractivity contribution in [2.75, 3.05) is 19.7 Å². The van der Waals surface area contributed by atoms with Gasteiger partial charge in [0.15, 0.2) is 0 Å². The van der Waals surface area contributed by atoms with Crippen LogP contribution in [0.3, 0.4) is 0 Å². The molecule has 2 amide bonds. The summed E-state index contributed by atoms with van der Waals surface area (Å²) in [6.07, 6.45) is 9.72. The maximum absolute atomic E-state index is 12.9. The number of hydrogen-bond acceptors (Lipinski definition) is 3. The molecule has 2 atom stereocenters. The Kier molecular flexibility index (Phi) is 5.95. The number of amides is 2. The van der Waals surface area contributed by atoms with Gasteiger partial charge in [0.05, 0.1) is 11.5 Å². The minimum absolute atomic E-state index is 0.00917. The van der Waals surface area contributed by atoms with Crippen molar-refractivity contribution in [3.8, 4) is 0 Å². The number of carbonyl (C=O) groups excluding carboxylic acids is 2. The largest absolute Gasteiger partial charge is 0.375 e. The van der Waals surface area contributed by atoms with Crippen LogP contribution in [0.15, 0.2) is 0 Å². The molecule has 0 aromatic carbocycles. The SMILES string of the molecule is CC(C)(C)C(=O)N1CCCC(C(=O)NC2CCOC3(CCCCC3)C2)C1. The Morgan fingerprint density at radius 3 is 2.50 bits per heavy atom. The number of carbonyl (C=O) groups is 2. The van der Waals surface area contributed by atoms with Gasteiger partial charge in [-0.15, -0.1) is 0 Å². The summed E-state index contributed by atoms with van der Waals surface area (Å²) < 4.78 is 6.15. The topological polar surface area (TPSA) is 58.6 Å². The lowest BCUT2D eigenvalue weighted by Crippen LogP contribution is -2.53. The van der Waals surface area contributed by atoms with Gasteiger partial charge < -0.3 is 15.0 Å². The summed E-state index contributed by atoms with van der Waals surface area (Å²) in [5.41, 5.74) is -0.373. The first-order valence-corrected chi connectivity index (χ1v) is 10.5. The minimum Gasteiger partial charge on any atom is -0.375 e. The van der Waals surface area contributed by atoms with Gasteiger partial charge >= 0.3 is 0 Å². The van der Waals surface area contributed by atoms with Crippen molar-refractivity contribution in [3.05, 3.63) is 0 Å². The van der Waals surface area contributed by atoms with Crippen LogP contribution in [0.4, 0.5) is 0 Å². The predicted octanol–water partition coefficient (Wildman–Crippen LogP) is 3.27. The van der Waals surface area contributed by atoms with Gasteiger partial charge in [0.25, 0.3) is 0 Å². The zero-order valence-corrected chi connectivity index (χ0v) is 16.8. The molecule has 0 aromatic heterocycles. The maximum atomic E-state index is 12.9. The first kappa shape index (κ1) is 19.7. The fraction of sp³-hybridized carbons (Fsp3) is 0.905. The quantitative estimate of drug-likeness (QED) is 0.818. The van der Waals surface area contributed by atoms with E-state index in [1.165, 1.54) is 19.3 Å². The second kappa shape index (κ2) is 7.87. The molecule has 2 saturated heterocycles. The molecule has 0 radical (unpaired) electrons. The molecule has 3 rings (SSSR count). The lowest BCUT2D eigenvalue weighted by Gasteiger charge is -2.44. The van der Waals surface area contributed by atoms with Crippen LogP contribution in [-0.2, 0) is 14.3 Å². The second-order valence-electron chi connectivity index (χ2n) is 9.63. The third kappa shape index (κ3) is 4.59. The van der Waals surface area contributed by atoms with E-state index in [1.807, 2.05) is 25.7 Å². The molecule has 26 heavy (non-hydrogen) atoms. The normalized spacial score (nSPS) is 29.4. The van der Waals surface area contributed by atoms with E-state index in [0.717, 1.165) is 51.7 Å². The van der Waals surface area contributed by atoms with Crippen LogP contribution in [0.25, 0.3) is 0 Å². The molecule has 1 aliphatic carbocycles. The van der Waals surface area contributed by atoms with E-state index < -0.39 is 0 Å². The molecular weight excluding hydrogens is 328 g/mol. The molecule has 5 nitrogen and oxygen atoms in total. The molecule has 148 valence electrons. The van der Waals surface area contributed by atoms with Crippen molar-refractivity contribution < 1.29 is 14.3 Å². The Bertz CT molecular complexity index is 514. The highest BCUT2D eigenvalue weighted by Gasteiger charge is 2.40. The standard InChI is InChI=1S/C21H36N2O3/c1-20(2,3)19(25)23-12-7-8-16(15-23)18(24)22-17-9-13-26-21(14-17)10-5-4-6-11-21/h16-17H,4-15H2,1-3H3,(H,22,24). The van der Waals surface area contributed by atoms with E-state index in [4.69, 9.17) is 4.74 Å². The van der Waals surface area contributed by atoms with Gasteiger partial charge in [0.1, 0.15) is 0 Å². The number of nitrogens with one attached hydrogen (secondary N) is 1. The monoisotopic (exact) mass is 364 g/mol. The van der Waals surface area contributed by atoms with Crippen molar-refractivity contribution >= 4 is 11.8 Å². The molecule has 5 heteroatoms. The van der Waals surface area contributed by atoms with Gasteiger partial charge in [-0.1, -0.05) is 40.0 Å². The Morgan fingerprint density at radius 2 is 1.81 bits per heavy atom.